The molecule has 1 aromatic carbocycles. The first-order valence-electron chi connectivity index (χ1n) is 5.38. The van der Waals surface area contributed by atoms with Gasteiger partial charge in [0, 0.05) is 10.9 Å². The molecule has 0 heterocycles. The zero-order valence-corrected chi connectivity index (χ0v) is 11.7. The van der Waals surface area contributed by atoms with Crippen molar-refractivity contribution in [3.8, 4) is 0 Å². The Morgan fingerprint density at radius 1 is 1.24 bits per heavy atom. The average Bonchev–Trinajstić information content (AvgIpc) is 2.11. The largest absolute Gasteiger partial charge is 0.294 e. The van der Waals surface area contributed by atoms with E-state index < -0.39 is 23.0 Å². The van der Waals surface area contributed by atoms with Crippen LogP contribution in [0.4, 0.5) is 8.78 Å². The summed E-state index contributed by atoms with van der Waals surface area (Å²) >= 11 is 2.98. The van der Waals surface area contributed by atoms with Gasteiger partial charge in [-0.25, -0.2) is 8.78 Å². The van der Waals surface area contributed by atoms with Gasteiger partial charge in [-0.1, -0.05) is 36.7 Å². The summed E-state index contributed by atoms with van der Waals surface area (Å²) in [6, 6.07) is 2.21. The van der Waals surface area contributed by atoms with Gasteiger partial charge in [-0.3, -0.25) is 4.79 Å². The number of hydrogen-bond donors (Lipinski definition) is 0. The lowest BCUT2D eigenvalue weighted by molar-refractivity contribution is 0.0957. The minimum absolute atomic E-state index is 0.0298. The fourth-order valence-corrected chi connectivity index (χ4v) is 1.82. The van der Waals surface area contributed by atoms with Crippen LogP contribution in [0.5, 0.6) is 0 Å². The van der Waals surface area contributed by atoms with Gasteiger partial charge in [0.25, 0.3) is 0 Å². The quantitative estimate of drug-likeness (QED) is 0.737. The van der Waals surface area contributed by atoms with E-state index in [0.29, 0.717) is 10.9 Å². The number of hydrogen-bond acceptors (Lipinski definition) is 1. The minimum atomic E-state index is -0.809. The molecular formula is C13H15BrF2O. The van der Waals surface area contributed by atoms with E-state index >= 15 is 0 Å². The van der Waals surface area contributed by atoms with E-state index in [1.54, 1.807) is 0 Å². The summed E-state index contributed by atoms with van der Waals surface area (Å²) in [7, 11) is 0. The topological polar surface area (TPSA) is 17.1 Å². The first-order valence-corrected chi connectivity index (χ1v) is 6.18. The molecule has 0 radical (unpaired) electrons. The molecule has 0 saturated carbocycles. The Morgan fingerprint density at radius 3 is 2.12 bits per heavy atom. The molecule has 0 aliphatic heterocycles. The molecule has 94 valence electrons. The van der Waals surface area contributed by atoms with E-state index in [4.69, 9.17) is 0 Å². The highest BCUT2D eigenvalue weighted by molar-refractivity contribution is 9.10. The van der Waals surface area contributed by atoms with E-state index in [-0.39, 0.29) is 11.8 Å². The second-order valence-corrected chi connectivity index (χ2v) is 6.14. The molecule has 1 nitrogen and oxygen atoms in total. The lowest BCUT2D eigenvalue weighted by atomic mass is 9.88. The third-order valence-electron chi connectivity index (χ3n) is 2.39. The van der Waals surface area contributed by atoms with Crippen molar-refractivity contribution in [2.24, 2.45) is 5.41 Å². The van der Waals surface area contributed by atoms with Crippen molar-refractivity contribution in [3.05, 3.63) is 33.8 Å². The van der Waals surface area contributed by atoms with Gasteiger partial charge in [0.15, 0.2) is 5.78 Å². The summed E-state index contributed by atoms with van der Waals surface area (Å²) in [5.74, 6) is -2.10. The Labute approximate surface area is 108 Å². The monoisotopic (exact) mass is 304 g/mol. The van der Waals surface area contributed by atoms with Gasteiger partial charge in [-0.2, -0.15) is 0 Å². The van der Waals surface area contributed by atoms with Gasteiger partial charge in [0.1, 0.15) is 11.6 Å². The van der Waals surface area contributed by atoms with Crippen LogP contribution in [0.15, 0.2) is 16.6 Å². The van der Waals surface area contributed by atoms with E-state index in [0.717, 1.165) is 12.1 Å². The highest BCUT2D eigenvalue weighted by atomic mass is 79.9. The third-order valence-corrected chi connectivity index (χ3v) is 2.85. The maximum absolute atomic E-state index is 13.5. The van der Waals surface area contributed by atoms with Gasteiger partial charge in [0.2, 0.25) is 0 Å². The van der Waals surface area contributed by atoms with Crippen LogP contribution in [-0.4, -0.2) is 5.78 Å². The van der Waals surface area contributed by atoms with Crippen LogP contribution >= 0.6 is 15.9 Å². The molecule has 0 N–H and O–H groups in total. The molecule has 4 heteroatoms. The van der Waals surface area contributed by atoms with Crippen LogP contribution in [0.3, 0.4) is 0 Å². The number of Topliss-reactive ketones (excluding diaryl/α,β-unsaturated/α-hetero) is 1. The minimum Gasteiger partial charge on any atom is -0.294 e. The molecule has 1 rings (SSSR count). The fraction of sp³-hybridized carbons (Fsp3) is 0.462. The number of rotatable bonds is 3. The van der Waals surface area contributed by atoms with Crippen molar-refractivity contribution in [3.63, 3.8) is 0 Å². The predicted molar refractivity (Wildman–Crippen MR) is 67.1 cm³/mol. The summed E-state index contributed by atoms with van der Waals surface area (Å²) in [4.78, 5) is 11.7. The summed E-state index contributed by atoms with van der Waals surface area (Å²) in [6.45, 7) is 5.94. The van der Waals surface area contributed by atoms with E-state index in [9.17, 15) is 13.6 Å². The number of halogens is 3. The first kappa shape index (κ1) is 14.3. The SMILES string of the molecule is CC(C)(C)CCC(=O)c1c(F)cc(Br)cc1F. The van der Waals surface area contributed by atoms with E-state index in [2.05, 4.69) is 15.9 Å². The number of ketones is 1. The molecule has 0 saturated heterocycles. The van der Waals surface area contributed by atoms with Gasteiger partial charge in [-0.15, -0.1) is 0 Å². The summed E-state index contributed by atoms with van der Waals surface area (Å²) < 4.78 is 27.3. The van der Waals surface area contributed by atoms with Crippen LogP contribution in [0.2, 0.25) is 0 Å². The molecule has 0 fully saturated rings. The number of benzene rings is 1. The molecular weight excluding hydrogens is 290 g/mol. The fourth-order valence-electron chi connectivity index (χ4n) is 1.42. The maximum atomic E-state index is 13.5. The molecule has 0 aromatic heterocycles. The van der Waals surface area contributed by atoms with E-state index in [1.807, 2.05) is 20.8 Å². The van der Waals surface area contributed by atoms with Gasteiger partial charge < -0.3 is 0 Å². The molecule has 0 bridgehead atoms. The standard InChI is InChI=1S/C13H15BrF2O/c1-13(2,3)5-4-11(17)12-9(15)6-8(14)7-10(12)16/h6-7H,4-5H2,1-3H3. The highest BCUT2D eigenvalue weighted by Gasteiger charge is 2.20. The van der Waals surface area contributed by atoms with Gasteiger partial charge >= 0.3 is 0 Å². The van der Waals surface area contributed by atoms with Crippen molar-refractivity contribution in [2.75, 3.05) is 0 Å². The van der Waals surface area contributed by atoms with Crippen LogP contribution < -0.4 is 0 Å². The molecule has 0 unspecified atom stereocenters. The molecule has 0 spiro atoms. The van der Waals surface area contributed by atoms with Crippen molar-refractivity contribution in [1.82, 2.24) is 0 Å². The highest BCUT2D eigenvalue weighted by Crippen LogP contribution is 2.25. The molecule has 0 aliphatic rings. The zero-order chi connectivity index (χ0) is 13.2. The Kier molecular flexibility index (Phi) is 4.42. The summed E-state index contributed by atoms with van der Waals surface area (Å²) in [6.07, 6.45) is 0.750. The van der Waals surface area contributed by atoms with Crippen LogP contribution in [0.25, 0.3) is 0 Å². The van der Waals surface area contributed by atoms with Gasteiger partial charge in [-0.05, 0) is 24.0 Å². The summed E-state index contributed by atoms with van der Waals surface area (Å²) in [5.41, 5.74) is -0.463. The Balaban J connectivity index is 2.90. The van der Waals surface area contributed by atoms with Crippen LogP contribution in [0, 0.1) is 17.0 Å². The maximum Gasteiger partial charge on any atom is 0.168 e. The number of carbonyl (C=O) groups excluding carboxylic acids is 1. The molecule has 0 atom stereocenters. The third kappa shape index (κ3) is 4.19. The number of carbonyl (C=O) groups is 1. The van der Waals surface area contributed by atoms with Crippen LogP contribution in [-0.2, 0) is 0 Å². The van der Waals surface area contributed by atoms with Crippen molar-refractivity contribution in [1.29, 1.82) is 0 Å². The van der Waals surface area contributed by atoms with Crippen LogP contribution in [0.1, 0.15) is 44.0 Å². The molecule has 0 amide bonds. The average molecular weight is 305 g/mol. The Bertz CT molecular complexity index is 413. The zero-order valence-electron chi connectivity index (χ0n) is 10.1. The van der Waals surface area contributed by atoms with E-state index in [1.165, 1.54) is 0 Å². The Morgan fingerprint density at radius 2 is 1.71 bits per heavy atom. The Hall–Kier alpha value is -0.770. The summed E-state index contributed by atoms with van der Waals surface area (Å²) in [5, 5.41) is 0. The molecule has 1 aromatic rings. The van der Waals surface area contributed by atoms with Crippen molar-refractivity contribution in [2.45, 2.75) is 33.6 Å². The second kappa shape index (κ2) is 5.25. The normalized spacial score (nSPS) is 11.6. The predicted octanol–water partition coefficient (Wildman–Crippen LogP) is 4.74. The smallest absolute Gasteiger partial charge is 0.168 e. The molecule has 17 heavy (non-hydrogen) atoms. The lowest BCUT2D eigenvalue weighted by Gasteiger charge is -2.17. The first-order chi connectivity index (χ1) is 7.70. The van der Waals surface area contributed by atoms with Gasteiger partial charge in [0.05, 0.1) is 5.56 Å². The second-order valence-electron chi connectivity index (χ2n) is 5.23. The lowest BCUT2D eigenvalue weighted by Crippen LogP contribution is -2.11. The molecule has 0 aliphatic carbocycles. The van der Waals surface area contributed by atoms with Crippen molar-refractivity contribution < 1.29 is 13.6 Å². The van der Waals surface area contributed by atoms with Crippen molar-refractivity contribution >= 4 is 21.7 Å².